The number of carbonyl (C=O) groups is 1. The average Bonchev–Trinajstić information content (AvgIpc) is 2.75. The summed E-state index contributed by atoms with van der Waals surface area (Å²) >= 11 is 0. The largest absolute Gasteiger partial charge is 0.493 e. The molecule has 1 N–H and O–H groups in total. The van der Waals surface area contributed by atoms with Gasteiger partial charge in [-0.1, -0.05) is 19.1 Å². The summed E-state index contributed by atoms with van der Waals surface area (Å²) in [6.45, 7) is 5.25. The van der Waals surface area contributed by atoms with Crippen molar-refractivity contribution in [3.05, 3.63) is 53.3 Å². The maximum Gasteiger partial charge on any atom is 0.234 e. The van der Waals surface area contributed by atoms with Crippen LogP contribution in [0.2, 0.25) is 0 Å². The van der Waals surface area contributed by atoms with Gasteiger partial charge in [-0.05, 0) is 48.9 Å². The van der Waals surface area contributed by atoms with E-state index in [0.717, 1.165) is 11.1 Å². The van der Waals surface area contributed by atoms with E-state index in [9.17, 15) is 9.18 Å². The van der Waals surface area contributed by atoms with Gasteiger partial charge in [0.15, 0.2) is 11.5 Å². The number of carbonyl (C=O) groups excluding carboxylic acids is 1. The molecule has 1 amide bonds. The Morgan fingerprint density at radius 1 is 1.07 bits per heavy atom. The molecule has 0 heterocycles. The van der Waals surface area contributed by atoms with Gasteiger partial charge in [-0.25, -0.2) is 4.39 Å². The van der Waals surface area contributed by atoms with Gasteiger partial charge < -0.3 is 19.5 Å². The van der Waals surface area contributed by atoms with E-state index in [1.807, 2.05) is 18.7 Å². The van der Waals surface area contributed by atoms with Crippen LogP contribution >= 0.6 is 0 Å². The summed E-state index contributed by atoms with van der Waals surface area (Å²) in [5.41, 5.74) is 1.80. The topological polar surface area (TPSA) is 60.0 Å². The van der Waals surface area contributed by atoms with Crippen molar-refractivity contribution in [3.63, 3.8) is 0 Å². The van der Waals surface area contributed by atoms with Crippen LogP contribution in [0.3, 0.4) is 0 Å². The summed E-state index contributed by atoms with van der Waals surface area (Å²) in [6.07, 6.45) is 0. The molecule has 6 nitrogen and oxygen atoms in total. The molecule has 0 radical (unpaired) electrons. The van der Waals surface area contributed by atoms with Crippen LogP contribution in [-0.4, -0.2) is 45.2 Å². The Hall–Kier alpha value is -2.80. The maximum absolute atomic E-state index is 13.2. The number of amides is 1. The predicted octanol–water partition coefficient (Wildman–Crippen LogP) is 3.55. The first-order valence-electron chi connectivity index (χ1n) is 9.48. The van der Waals surface area contributed by atoms with Gasteiger partial charge in [0.1, 0.15) is 5.82 Å². The van der Waals surface area contributed by atoms with Crippen LogP contribution in [-0.2, 0) is 11.3 Å². The number of nitrogens with zero attached hydrogens (tertiary/aromatic N) is 1. The summed E-state index contributed by atoms with van der Waals surface area (Å²) < 4.78 is 29.2. The van der Waals surface area contributed by atoms with Crippen molar-refractivity contribution in [1.29, 1.82) is 0 Å². The molecule has 0 aliphatic heterocycles. The maximum atomic E-state index is 13.2. The van der Waals surface area contributed by atoms with E-state index < -0.39 is 0 Å². The highest BCUT2D eigenvalue weighted by atomic mass is 19.1. The number of halogens is 1. The molecule has 7 heteroatoms. The van der Waals surface area contributed by atoms with E-state index in [-0.39, 0.29) is 24.3 Å². The summed E-state index contributed by atoms with van der Waals surface area (Å²) in [4.78, 5) is 14.5. The van der Waals surface area contributed by atoms with Crippen LogP contribution in [0.15, 0.2) is 36.4 Å². The van der Waals surface area contributed by atoms with Crippen LogP contribution in [0.1, 0.15) is 31.0 Å². The number of hydrogen-bond donors (Lipinski definition) is 1. The molecule has 0 aliphatic carbocycles. The molecule has 2 aromatic carbocycles. The molecule has 29 heavy (non-hydrogen) atoms. The molecule has 2 aromatic rings. The third-order valence-electron chi connectivity index (χ3n) is 4.87. The lowest BCUT2D eigenvalue weighted by atomic mass is 10.1. The lowest BCUT2D eigenvalue weighted by Crippen LogP contribution is -2.38. The minimum atomic E-state index is -0.271. The first-order valence-corrected chi connectivity index (χ1v) is 9.48. The quantitative estimate of drug-likeness (QED) is 0.656. The van der Waals surface area contributed by atoms with Crippen molar-refractivity contribution in [1.82, 2.24) is 10.2 Å². The van der Waals surface area contributed by atoms with Gasteiger partial charge >= 0.3 is 0 Å². The van der Waals surface area contributed by atoms with Crippen LogP contribution in [0.25, 0.3) is 0 Å². The Bertz CT molecular complexity index is 786. The summed E-state index contributed by atoms with van der Waals surface area (Å²) in [5.74, 6) is 1.21. The number of methoxy groups -OCH3 is 3. The molecule has 0 saturated heterocycles. The van der Waals surface area contributed by atoms with Crippen LogP contribution < -0.4 is 19.5 Å². The van der Waals surface area contributed by atoms with Gasteiger partial charge in [-0.2, -0.15) is 0 Å². The van der Waals surface area contributed by atoms with Crippen LogP contribution in [0.4, 0.5) is 4.39 Å². The third-order valence-corrected chi connectivity index (χ3v) is 4.87. The number of nitrogens with one attached hydrogen (secondary N) is 1. The lowest BCUT2D eigenvalue weighted by molar-refractivity contribution is -0.122. The Balaban J connectivity index is 2.02. The zero-order chi connectivity index (χ0) is 21.4. The number of ether oxygens (including phenoxy) is 3. The highest BCUT2D eigenvalue weighted by molar-refractivity contribution is 5.78. The zero-order valence-corrected chi connectivity index (χ0v) is 17.6. The Morgan fingerprint density at radius 2 is 1.66 bits per heavy atom. The van der Waals surface area contributed by atoms with E-state index in [0.29, 0.717) is 30.3 Å². The second-order valence-corrected chi connectivity index (χ2v) is 6.60. The molecule has 2 rings (SSSR count). The zero-order valence-electron chi connectivity index (χ0n) is 17.6. The molecular weight excluding hydrogens is 375 g/mol. The number of benzene rings is 2. The van der Waals surface area contributed by atoms with Crippen molar-refractivity contribution in [2.24, 2.45) is 0 Å². The van der Waals surface area contributed by atoms with Gasteiger partial charge in [-0.15, -0.1) is 0 Å². The number of rotatable bonds is 10. The van der Waals surface area contributed by atoms with E-state index in [1.54, 1.807) is 45.6 Å². The third kappa shape index (κ3) is 5.84. The van der Waals surface area contributed by atoms with Crippen molar-refractivity contribution in [2.45, 2.75) is 26.4 Å². The van der Waals surface area contributed by atoms with Crippen molar-refractivity contribution >= 4 is 5.91 Å². The second-order valence-electron chi connectivity index (χ2n) is 6.60. The van der Waals surface area contributed by atoms with Gasteiger partial charge in [0.2, 0.25) is 11.7 Å². The van der Waals surface area contributed by atoms with Crippen molar-refractivity contribution in [3.8, 4) is 17.2 Å². The standard InChI is InChI=1S/C22H29FN2O4/c1-6-25(15(2)17-7-9-18(23)10-8-17)14-21(26)24-13-16-11-19(27-3)22(29-5)20(12-16)28-4/h7-12,15H,6,13-14H2,1-5H3,(H,24,26). The number of hydrogen-bond acceptors (Lipinski definition) is 5. The highest BCUT2D eigenvalue weighted by Crippen LogP contribution is 2.38. The van der Waals surface area contributed by atoms with E-state index >= 15 is 0 Å². The molecule has 0 bridgehead atoms. The van der Waals surface area contributed by atoms with Gasteiger partial charge in [-0.3, -0.25) is 9.69 Å². The molecule has 0 aliphatic rings. The molecule has 1 unspecified atom stereocenters. The first kappa shape index (κ1) is 22.5. The van der Waals surface area contributed by atoms with Crippen molar-refractivity contribution in [2.75, 3.05) is 34.4 Å². The molecule has 0 aromatic heterocycles. The molecule has 158 valence electrons. The van der Waals surface area contributed by atoms with Crippen molar-refractivity contribution < 1.29 is 23.4 Å². The minimum Gasteiger partial charge on any atom is -0.493 e. The average molecular weight is 404 g/mol. The van der Waals surface area contributed by atoms with E-state index in [4.69, 9.17) is 14.2 Å². The SMILES string of the molecule is CCN(CC(=O)NCc1cc(OC)c(OC)c(OC)c1)C(C)c1ccc(F)cc1. The van der Waals surface area contributed by atoms with Crippen LogP contribution in [0.5, 0.6) is 17.2 Å². The Labute approximate surface area is 171 Å². The number of likely N-dealkylation sites (N-methyl/N-ethyl adjacent to an activating group) is 1. The molecule has 1 atom stereocenters. The Morgan fingerprint density at radius 3 is 2.14 bits per heavy atom. The monoisotopic (exact) mass is 404 g/mol. The molecule has 0 saturated carbocycles. The van der Waals surface area contributed by atoms with E-state index in [2.05, 4.69) is 5.32 Å². The van der Waals surface area contributed by atoms with Crippen LogP contribution in [0, 0.1) is 5.82 Å². The fourth-order valence-corrected chi connectivity index (χ4v) is 3.15. The predicted molar refractivity (Wildman–Crippen MR) is 110 cm³/mol. The molecule has 0 spiro atoms. The normalized spacial score (nSPS) is 11.8. The first-order chi connectivity index (χ1) is 13.9. The lowest BCUT2D eigenvalue weighted by Gasteiger charge is -2.27. The summed E-state index contributed by atoms with van der Waals surface area (Å²) in [6, 6.07) is 9.97. The fraction of sp³-hybridized carbons (Fsp3) is 0.409. The fourth-order valence-electron chi connectivity index (χ4n) is 3.15. The smallest absolute Gasteiger partial charge is 0.234 e. The highest BCUT2D eigenvalue weighted by Gasteiger charge is 2.18. The second kappa shape index (κ2) is 10.7. The Kier molecular flexibility index (Phi) is 8.27. The van der Waals surface area contributed by atoms with Gasteiger partial charge in [0.05, 0.1) is 27.9 Å². The molecule has 0 fully saturated rings. The van der Waals surface area contributed by atoms with Gasteiger partial charge in [0.25, 0.3) is 0 Å². The summed E-state index contributed by atoms with van der Waals surface area (Å²) in [7, 11) is 4.65. The van der Waals surface area contributed by atoms with E-state index in [1.165, 1.54) is 12.1 Å². The minimum absolute atomic E-state index is 0.00692. The van der Waals surface area contributed by atoms with Gasteiger partial charge in [0, 0.05) is 12.6 Å². The summed E-state index contributed by atoms with van der Waals surface area (Å²) in [5, 5.41) is 2.93. The molecular formula is C22H29FN2O4.